The largest absolute Gasteiger partial charge is 0.332 e. The van der Waals surface area contributed by atoms with Crippen molar-refractivity contribution in [2.45, 2.75) is 46.2 Å². The molecule has 3 aromatic rings. The summed E-state index contributed by atoms with van der Waals surface area (Å²) < 4.78 is 4.49. The van der Waals surface area contributed by atoms with Crippen LogP contribution in [-0.4, -0.2) is 23.7 Å². The maximum atomic E-state index is 12.9. The zero-order valence-electron chi connectivity index (χ0n) is 14.3. The molecule has 0 bridgehead atoms. The molecular weight excluding hydrogens is 326 g/mol. The molecule has 0 aliphatic carbocycles. The van der Waals surface area contributed by atoms with Gasteiger partial charge in [0.1, 0.15) is 0 Å². The molecule has 0 N–H and O–H groups in total. The Kier molecular flexibility index (Phi) is 4.40. The van der Waals surface area contributed by atoms with Crippen LogP contribution < -0.4 is 11.2 Å². The van der Waals surface area contributed by atoms with Crippen LogP contribution in [0, 0.1) is 0 Å². The Bertz CT molecular complexity index is 992. The number of thiazole rings is 1. The molecule has 0 spiro atoms. The molecule has 0 amide bonds. The van der Waals surface area contributed by atoms with E-state index in [0.717, 1.165) is 17.1 Å². The van der Waals surface area contributed by atoms with Crippen molar-refractivity contribution in [2.24, 2.45) is 7.05 Å². The minimum absolute atomic E-state index is 0.183. The molecule has 0 aliphatic rings. The smallest absolute Gasteiger partial charge is 0.325 e. The minimum atomic E-state index is -0.367. The van der Waals surface area contributed by atoms with Crippen molar-refractivity contribution in [2.75, 3.05) is 0 Å². The summed E-state index contributed by atoms with van der Waals surface area (Å²) in [5, 5.41) is 2.92. The Morgan fingerprint density at radius 2 is 2.04 bits per heavy atom. The second kappa shape index (κ2) is 6.35. The fourth-order valence-corrected chi connectivity index (χ4v) is 3.52. The first kappa shape index (κ1) is 16.6. The first-order valence-electron chi connectivity index (χ1n) is 8.03. The van der Waals surface area contributed by atoms with E-state index in [1.807, 2.05) is 16.9 Å². The fraction of sp³-hybridized carbons (Fsp3) is 0.500. The lowest BCUT2D eigenvalue weighted by Gasteiger charge is -2.08. The van der Waals surface area contributed by atoms with Gasteiger partial charge in [-0.05, 0) is 6.42 Å². The zero-order valence-corrected chi connectivity index (χ0v) is 15.1. The van der Waals surface area contributed by atoms with E-state index in [2.05, 4.69) is 23.8 Å². The van der Waals surface area contributed by atoms with E-state index in [4.69, 9.17) is 0 Å². The normalized spacial score (nSPS) is 11.7. The predicted octanol–water partition coefficient (Wildman–Crippen LogP) is 1.93. The van der Waals surface area contributed by atoms with Gasteiger partial charge in [0.15, 0.2) is 11.2 Å². The monoisotopic (exact) mass is 347 g/mol. The number of aromatic nitrogens is 5. The summed E-state index contributed by atoms with van der Waals surface area (Å²) in [4.78, 5) is 34.2. The van der Waals surface area contributed by atoms with Crippen molar-refractivity contribution >= 4 is 22.5 Å². The number of hydrogen-bond donors (Lipinski definition) is 0. The van der Waals surface area contributed by atoms with E-state index < -0.39 is 0 Å². The Hall–Kier alpha value is -2.22. The quantitative estimate of drug-likeness (QED) is 0.707. The fourth-order valence-electron chi connectivity index (χ4n) is 2.69. The van der Waals surface area contributed by atoms with Gasteiger partial charge in [-0.3, -0.25) is 13.9 Å². The van der Waals surface area contributed by atoms with Gasteiger partial charge in [-0.25, -0.2) is 14.8 Å². The molecule has 0 fully saturated rings. The standard InChI is InChI=1S/C16H21N5O2S/c1-5-6-20-9-17-13-12(20)15(22)21(16(23)19(13)4)7-11-8-24-14(18-11)10(2)3/h8-10H,5-7H2,1-4H3. The molecule has 0 radical (unpaired) electrons. The maximum Gasteiger partial charge on any atom is 0.332 e. The number of aryl methyl sites for hydroxylation is 2. The summed E-state index contributed by atoms with van der Waals surface area (Å²) in [6, 6.07) is 0. The third-order valence-corrected chi connectivity index (χ3v) is 5.14. The van der Waals surface area contributed by atoms with Crippen LogP contribution in [0.4, 0.5) is 0 Å². The van der Waals surface area contributed by atoms with Crippen LogP contribution in [-0.2, 0) is 20.1 Å². The van der Waals surface area contributed by atoms with Gasteiger partial charge in [0.05, 0.1) is 23.6 Å². The van der Waals surface area contributed by atoms with Gasteiger partial charge in [0, 0.05) is 24.9 Å². The molecule has 0 unspecified atom stereocenters. The second-order valence-corrected chi connectivity index (χ2v) is 7.06. The van der Waals surface area contributed by atoms with Crippen LogP contribution >= 0.6 is 11.3 Å². The Morgan fingerprint density at radius 3 is 2.67 bits per heavy atom. The Labute approximate surface area is 143 Å². The number of hydrogen-bond acceptors (Lipinski definition) is 5. The molecule has 3 heterocycles. The Balaban J connectivity index is 2.14. The molecule has 0 aliphatic heterocycles. The number of rotatable bonds is 5. The second-order valence-electron chi connectivity index (χ2n) is 6.17. The van der Waals surface area contributed by atoms with Gasteiger partial charge in [-0.15, -0.1) is 11.3 Å². The number of fused-ring (bicyclic) bond motifs is 1. The zero-order chi connectivity index (χ0) is 17.4. The first-order valence-corrected chi connectivity index (χ1v) is 8.91. The molecular formula is C16H21N5O2S. The summed E-state index contributed by atoms with van der Waals surface area (Å²) in [6.45, 7) is 7.06. The molecule has 0 aromatic carbocycles. The third kappa shape index (κ3) is 2.71. The van der Waals surface area contributed by atoms with E-state index in [0.29, 0.717) is 23.6 Å². The van der Waals surface area contributed by atoms with Crippen molar-refractivity contribution in [3.8, 4) is 0 Å². The van der Waals surface area contributed by atoms with Gasteiger partial charge in [0.25, 0.3) is 5.56 Å². The summed E-state index contributed by atoms with van der Waals surface area (Å²) in [7, 11) is 1.64. The lowest BCUT2D eigenvalue weighted by Crippen LogP contribution is -2.40. The van der Waals surface area contributed by atoms with E-state index in [1.54, 1.807) is 24.7 Å². The van der Waals surface area contributed by atoms with Crippen molar-refractivity contribution in [3.05, 3.63) is 43.2 Å². The van der Waals surface area contributed by atoms with Crippen molar-refractivity contribution < 1.29 is 0 Å². The van der Waals surface area contributed by atoms with Crippen LogP contribution in [0.3, 0.4) is 0 Å². The van der Waals surface area contributed by atoms with Gasteiger partial charge < -0.3 is 4.57 Å². The summed E-state index contributed by atoms with van der Waals surface area (Å²) >= 11 is 1.56. The van der Waals surface area contributed by atoms with E-state index >= 15 is 0 Å². The van der Waals surface area contributed by atoms with Gasteiger partial charge in [-0.1, -0.05) is 20.8 Å². The number of nitrogens with zero attached hydrogens (tertiary/aromatic N) is 5. The summed E-state index contributed by atoms with van der Waals surface area (Å²) in [5.74, 6) is 0.330. The van der Waals surface area contributed by atoms with Crippen LogP contribution in [0.15, 0.2) is 21.3 Å². The highest BCUT2D eigenvalue weighted by molar-refractivity contribution is 7.09. The predicted molar refractivity (Wildman–Crippen MR) is 94.8 cm³/mol. The molecule has 7 nitrogen and oxygen atoms in total. The molecule has 8 heteroatoms. The van der Waals surface area contributed by atoms with Crippen LogP contribution in [0.25, 0.3) is 11.2 Å². The molecule has 3 rings (SSSR count). The van der Waals surface area contributed by atoms with E-state index in [1.165, 1.54) is 9.13 Å². The lowest BCUT2D eigenvalue weighted by molar-refractivity contribution is 0.637. The molecule has 3 aromatic heterocycles. The molecule has 0 atom stereocenters. The van der Waals surface area contributed by atoms with Crippen molar-refractivity contribution in [1.29, 1.82) is 0 Å². The summed E-state index contributed by atoms with van der Waals surface area (Å²) in [6.07, 6.45) is 2.51. The Morgan fingerprint density at radius 1 is 1.29 bits per heavy atom. The van der Waals surface area contributed by atoms with Gasteiger partial charge >= 0.3 is 5.69 Å². The lowest BCUT2D eigenvalue weighted by atomic mass is 10.2. The topological polar surface area (TPSA) is 74.7 Å². The highest BCUT2D eigenvalue weighted by Crippen LogP contribution is 2.19. The van der Waals surface area contributed by atoms with E-state index in [-0.39, 0.29) is 17.8 Å². The number of imidazole rings is 1. The minimum Gasteiger partial charge on any atom is -0.325 e. The highest BCUT2D eigenvalue weighted by Gasteiger charge is 2.17. The van der Waals surface area contributed by atoms with Gasteiger partial charge in [-0.2, -0.15) is 0 Å². The third-order valence-electron chi connectivity index (χ3n) is 3.95. The molecule has 0 saturated heterocycles. The average Bonchev–Trinajstić information content (AvgIpc) is 3.17. The van der Waals surface area contributed by atoms with Crippen LogP contribution in [0.2, 0.25) is 0 Å². The molecule has 24 heavy (non-hydrogen) atoms. The van der Waals surface area contributed by atoms with Crippen LogP contribution in [0.1, 0.15) is 43.8 Å². The molecule has 0 saturated carbocycles. The maximum absolute atomic E-state index is 12.9. The van der Waals surface area contributed by atoms with Crippen molar-refractivity contribution in [1.82, 2.24) is 23.7 Å². The average molecular weight is 347 g/mol. The SMILES string of the molecule is CCCn1cnc2c1c(=O)n(Cc1csc(C(C)C)n1)c(=O)n2C. The molecule has 128 valence electrons. The van der Waals surface area contributed by atoms with Gasteiger partial charge in [0.2, 0.25) is 0 Å². The summed E-state index contributed by atoms with van der Waals surface area (Å²) in [5.41, 5.74) is 0.962. The first-order chi connectivity index (χ1) is 11.4. The van der Waals surface area contributed by atoms with Crippen molar-refractivity contribution in [3.63, 3.8) is 0 Å². The van der Waals surface area contributed by atoms with Crippen LogP contribution in [0.5, 0.6) is 0 Å². The van der Waals surface area contributed by atoms with E-state index in [9.17, 15) is 9.59 Å². The highest BCUT2D eigenvalue weighted by atomic mass is 32.1.